The summed E-state index contributed by atoms with van der Waals surface area (Å²) >= 11 is 0. The number of rotatable bonds is 3. The number of aryl methyl sites for hydroxylation is 1. The maximum atomic E-state index is 13.0. The Morgan fingerprint density at radius 3 is 2.31 bits per heavy atom. The van der Waals surface area contributed by atoms with E-state index in [1.54, 1.807) is 37.4 Å². The average molecular weight is 357 g/mol. The van der Waals surface area contributed by atoms with Crippen molar-refractivity contribution in [2.45, 2.75) is 6.18 Å². The first kappa shape index (κ1) is 17.7. The lowest BCUT2D eigenvalue weighted by molar-refractivity contribution is -0.137. The van der Waals surface area contributed by atoms with Gasteiger partial charge in [-0.05, 0) is 17.7 Å². The minimum Gasteiger partial charge on any atom is -0.356 e. The zero-order valence-corrected chi connectivity index (χ0v) is 13.7. The molecule has 0 saturated carbocycles. The van der Waals surface area contributed by atoms with Crippen LogP contribution in [0.5, 0.6) is 0 Å². The molecule has 132 valence electrons. The van der Waals surface area contributed by atoms with Crippen LogP contribution in [-0.4, -0.2) is 10.4 Å². The third-order valence-electron chi connectivity index (χ3n) is 3.94. The van der Waals surface area contributed by atoms with E-state index in [9.17, 15) is 22.8 Å². The molecule has 2 aromatic carbocycles. The van der Waals surface area contributed by atoms with Crippen LogP contribution >= 0.6 is 0 Å². The van der Waals surface area contributed by atoms with Crippen molar-refractivity contribution in [2.24, 2.45) is 7.05 Å². The van der Waals surface area contributed by atoms with Crippen LogP contribution in [0, 0.1) is 0 Å². The van der Waals surface area contributed by atoms with E-state index >= 15 is 0 Å². The molecule has 0 aliphatic rings. The summed E-state index contributed by atoms with van der Waals surface area (Å²) < 4.78 is 40.4. The predicted molar refractivity (Wildman–Crippen MR) is 92.0 cm³/mol. The van der Waals surface area contributed by atoms with Crippen molar-refractivity contribution in [3.8, 4) is 11.1 Å². The van der Waals surface area contributed by atoms with Gasteiger partial charge in [0.1, 0.15) is 0 Å². The highest BCUT2D eigenvalue weighted by molar-refractivity contribution is 6.09. The van der Waals surface area contributed by atoms with Crippen LogP contribution in [0.3, 0.4) is 0 Å². The second-order valence-corrected chi connectivity index (χ2v) is 5.85. The van der Waals surface area contributed by atoms with E-state index in [4.69, 9.17) is 0 Å². The number of pyridine rings is 1. The third-order valence-corrected chi connectivity index (χ3v) is 3.94. The zero-order chi connectivity index (χ0) is 18.9. The number of aromatic nitrogens is 1. The monoisotopic (exact) mass is 357 g/mol. The van der Waals surface area contributed by atoms with Crippen LogP contribution in [0.25, 0.3) is 11.1 Å². The van der Waals surface area contributed by atoms with Crippen molar-refractivity contribution in [3.63, 3.8) is 0 Å². The molecule has 0 unspecified atom stereocenters. The molecule has 0 saturated heterocycles. The second-order valence-electron chi connectivity index (χ2n) is 5.85. The fraction of sp³-hybridized carbons (Fsp3) is 0.100. The molecule has 0 aliphatic carbocycles. The van der Waals surface area contributed by atoms with Crippen molar-refractivity contribution in [1.82, 2.24) is 4.57 Å². The largest absolute Gasteiger partial charge is 0.416 e. The van der Waals surface area contributed by atoms with Crippen LogP contribution in [-0.2, 0) is 13.2 Å². The first-order valence-electron chi connectivity index (χ1n) is 7.75. The quantitative estimate of drug-likeness (QED) is 0.656. The molecule has 3 rings (SSSR count). The van der Waals surface area contributed by atoms with Gasteiger partial charge in [0.2, 0.25) is 5.43 Å². The maximum absolute atomic E-state index is 13.0. The van der Waals surface area contributed by atoms with Gasteiger partial charge in [-0.1, -0.05) is 42.5 Å². The summed E-state index contributed by atoms with van der Waals surface area (Å²) in [5, 5.41) is 0. The number of benzene rings is 2. The lowest BCUT2D eigenvalue weighted by atomic mass is 9.99. The van der Waals surface area contributed by atoms with Gasteiger partial charge in [0.05, 0.1) is 11.1 Å². The lowest BCUT2D eigenvalue weighted by Crippen LogP contribution is -2.20. The van der Waals surface area contributed by atoms with Gasteiger partial charge < -0.3 is 4.57 Å². The fourth-order valence-electron chi connectivity index (χ4n) is 2.68. The zero-order valence-electron chi connectivity index (χ0n) is 13.7. The lowest BCUT2D eigenvalue weighted by Gasteiger charge is -2.11. The number of ketones is 1. The van der Waals surface area contributed by atoms with Crippen molar-refractivity contribution in [3.05, 3.63) is 93.9 Å². The van der Waals surface area contributed by atoms with Crippen LogP contribution < -0.4 is 5.43 Å². The van der Waals surface area contributed by atoms with Crippen molar-refractivity contribution < 1.29 is 18.0 Å². The van der Waals surface area contributed by atoms with Gasteiger partial charge in [-0.25, -0.2) is 0 Å². The van der Waals surface area contributed by atoms with Crippen molar-refractivity contribution in [1.29, 1.82) is 0 Å². The standard InChI is InChI=1S/C20H14F3NO2/c1-24-11-16(14-8-5-9-15(10-14)20(21,22)23)19(26)17(12-24)18(25)13-6-3-2-4-7-13/h2-12H,1H3. The second kappa shape index (κ2) is 6.63. The Hall–Kier alpha value is -3.15. The molecule has 0 amide bonds. The number of carbonyl (C=O) groups is 1. The molecular formula is C20H14F3NO2. The number of nitrogens with zero attached hydrogens (tertiary/aromatic N) is 1. The maximum Gasteiger partial charge on any atom is 0.416 e. The first-order valence-corrected chi connectivity index (χ1v) is 7.75. The summed E-state index contributed by atoms with van der Waals surface area (Å²) in [6.45, 7) is 0. The summed E-state index contributed by atoms with van der Waals surface area (Å²) in [5.41, 5.74) is -1.05. The van der Waals surface area contributed by atoms with Crippen molar-refractivity contribution in [2.75, 3.05) is 0 Å². The highest BCUT2D eigenvalue weighted by Gasteiger charge is 2.30. The Morgan fingerprint density at radius 1 is 0.962 bits per heavy atom. The summed E-state index contributed by atoms with van der Waals surface area (Å²) in [6, 6.07) is 12.8. The number of hydrogen-bond acceptors (Lipinski definition) is 2. The summed E-state index contributed by atoms with van der Waals surface area (Å²) in [7, 11) is 1.61. The van der Waals surface area contributed by atoms with Crippen LogP contribution in [0.4, 0.5) is 13.2 Å². The SMILES string of the molecule is Cn1cc(C(=O)c2ccccc2)c(=O)c(-c2cccc(C(F)(F)F)c2)c1. The predicted octanol–water partition coefficient (Wildman–Crippen LogP) is 4.30. The molecule has 0 bridgehead atoms. The summed E-state index contributed by atoms with van der Waals surface area (Å²) in [6.07, 6.45) is -1.72. The third kappa shape index (κ3) is 3.44. The summed E-state index contributed by atoms with van der Waals surface area (Å²) in [4.78, 5) is 25.4. The first-order chi connectivity index (χ1) is 12.3. The molecule has 6 heteroatoms. The van der Waals surface area contributed by atoms with Gasteiger partial charge in [0, 0.05) is 30.6 Å². The molecule has 26 heavy (non-hydrogen) atoms. The fourth-order valence-corrected chi connectivity index (χ4v) is 2.68. The van der Waals surface area contributed by atoms with Crippen LogP contribution in [0.2, 0.25) is 0 Å². The minimum atomic E-state index is -4.52. The Labute approximate surface area is 147 Å². The molecule has 0 atom stereocenters. The number of halogens is 3. The Morgan fingerprint density at radius 2 is 1.65 bits per heavy atom. The normalized spacial score (nSPS) is 11.4. The highest BCUT2D eigenvalue weighted by atomic mass is 19.4. The van der Waals surface area contributed by atoms with E-state index in [-0.39, 0.29) is 16.7 Å². The summed E-state index contributed by atoms with van der Waals surface area (Å²) in [5.74, 6) is -0.472. The topological polar surface area (TPSA) is 39.1 Å². The molecule has 0 spiro atoms. The van der Waals surface area contributed by atoms with E-state index in [0.717, 1.165) is 12.1 Å². The van der Waals surface area contributed by atoms with Crippen LogP contribution in [0.15, 0.2) is 71.8 Å². The smallest absolute Gasteiger partial charge is 0.356 e. The molecular weight excluding hydrogens is 343 g/mol. The Bertz CT molecular complexity index is 1020. The van der Waals surface area contributed by atoms with E-state index in [2.05, 4.69) is 0 Å². The average Bonchev–Trinajstić information content (AvgIpc) is 2.63. The minimum absolute atomic E-state index is 0.0420. The Balaban J connectivity index is 2.15. The highest BCUT2D eigenvalue weighted by Crippen LogP contribution is 2.31. The van der Waals surface area contributed by atoms with Gasteiger partial charge in [-0.2, -0.15) is 13.2 Å². The van der Waals surface area contributed by atoms with E-state index in [0.29, 0.717) is 5.56 Å². The van der Waals surface area contributed by atoms with E-state index < -0.39 is 23.0 Å². The molecule has 0 aliphatic heterocycles. The molecule has 0 radical (unpaired) electrons. The van der Waals surface area contributed by atoms with Gasteiger partial charge >= 0.3 is 6.18 Å². The van der Waals surface area contributed by atoms with Gasteiger partial charge in [-0.15, -0.1) is 0 Å². The van der Waals surface area contributed by atoms with Crippen LogP contribution in [0.1, 0.15) is 21.5 Å². The molecule has 3 aromatic rings. The molecule has 1 heterocycles. The molecule has 3 nitrogen and oxygen atoms in total. The van der Waals surface area contributed by atoms with Gasteiger partial charge in [0.15, 0.2) is 5.78 Å². The molecule has 0 N–H and O–H groups in total. The molecule has 1 aromatic heterocycles. The van der Waals surface area contributed by atoms with E-state index in [1.807, 2.05) is 0 Å². The number of hydrogen-bond donors (Lipinski definition) is 0. The number of alkyl halides is 3. The molecule has 0 fully saturated rings. The Kier molecular flexibility index (Phi) is 4.50. The van der Waals surface area contributed by atoms with E-state index in [1.165, 1.54) is 29.1 Å². The number of carbonyl (C=O) groups excluding carboxylic acids is 1. The van der Waals surface area contributed by atoms with Gasteiger partial charge in [-0.3, -0.25) is 9.59 Å². The van der Waals surface area contributed by atoms with Gasteiger partial charge in [0.25, 0.3) is 0 Å². The van der Waals surface area contributed by atoms with Crippen molar-refractivity contribution >= 4 is 5.78 Å².